The largest absolute Gasteiger partial charge is 0.415 e. The minimum absolute atomic E-state index is 0.229. The number of rotatable bonds is 6. The van der Waals surface area contributed by atoms with Gasteiger partial charge in [-0.25, -0.2) is 0 Å². The molecule has 0 saturated carbocycles. The predicted molar refractivity (Wildman–Crippen MR) is 68.9 cm³/mol. The van der Waals surface area contributed by atoms with E-state index in [4.69, 9.17) is 5.11 Å². The quantitative estimate of drug-likeness (QED) is 0.835. The van der Waals surface area contributed by atoms with Crippen LogP contribution in [-0.4, -0.2) is 23.9 Å². The highest BCUT2D eigenvalue weighted by Crippen LogP contribution is 2.20. The van der Waals surface area contributed by atoms with Gasteiger partial charge in [0.05, 0.1) is 0 Å². The number of aliphatic hydroxyl groups is 1. The van der Waals surface area contributed by atoms with Crippen molar-refractivity contribution >= 4 is 0 Å². The van der Waals surface area contributed by atoms with E-state index < -0.39 is 18.8 Å². The van der Waals surface area contributed by atoms with Crippen LogP contribution in [-0.2, 0) is 6.42 Å². The second kappa shape index (κ2) is 6.91. The third-order valence-electron chi connectivity index (χ3n) is 3.01. The van der Waals surface area contributed by atoms with Crippen molar-refractivity contribution in [3.05, 3.63) is 35.4 Å². The SMILES string of the molecule is CCCc1ccc(C(C)NCC(O)C(F)(F)F)cc1. The summed E-state index contributed by atoms with van der Waals surface area (Å²) >= 11 is 0. The van der Waals surface area contributed by atoms with Gasteiger partial charge in [0.2, 0.25) is 0 Å². The van der Waals surface area contributed by atoms with Gasteiger partial charge in [-0.15, -0.1) is 0 Å². The van der Waals surface area contributed by atoms with Crippen LogP contribution in [0.4, 0.5) is 13.2 Å². The van der Waals surface area contributed by atoms with Gasteiger partial charge in [-0.1, -0.05) is 37.6 Å². The van der Waals surface area contributed by atoms with Crippen LogP contribution in [0.2, 0.25) is 0 Å². The molecule has 0 aliphatic rings. The maximum atomic E-state index is 12.1. The van der Waals surface area contributed by atoms with Crippen molar-refractivity contribution in [2.45, 2.75) is 45.0 Å². The van der Waals surface area contributed by atoms with E-state index in [1.165, 1.54) is 5.56 Å². The van der Waals surface area contributed by atoms with Gasteiger partial charge in [0, 0.05) is 12.6 Å². The smallest absolute Gasteiger partial charge is 0.382 e. The molecule has 1 aromatic carbocycles. The zero-order valence-corrected chi connectivity index (χ0v) is 11.2. The molecule has 0 saturated heterocycles. The average Bonchev–Trinajstić information content (AvgIpc) is 2.35. The molecule has 2 atom stereocenters. The first kappa shape index (κ1) is 16.0. The summed E-state index contributed by atoms with van der Waals surface area (Å²) in [5.41, 5.74) is 2.13. The molecule has 0 aliphatic heterocycles. The van der Waals surface area contributed by atoms with Gasteiger partial charge in [0.25, 0.3) is 0 Å². The van der Waals surface area contributed by atoms with Gasteiger partial charge in [-0.3, -0.25) is 0 Å². The van der Waals surface area contributed by atoms with E-state index in [0.717, 1.165) is 18.4 Å². The normalized spacial score (nSPS) is 15.3. The van der Waals surface area contributed by atoms with Crippen LogP contribution < -0.4 is 5.32 Å². The van der Waals surface area contributed by atoms with E-state index in [1.807, 2.05) is 24.3 Å². The number of alkyl halides is 3. The Morgan fingerprint density at radius 1 is 1.21 bits per heavy atom. The Kier molecular flexibility index (Phi) is 5.82. The Labute approximate surface area is 111 Å². The first-order chi connectivity index (χ1) is 8.84. The highest BCUT2D eigenvalue weighted by atomic mass is 19.4. The van der Waals surface area contributed by atoms with Crippen LogP contribution in [0.15, 0.2) is 24.3 Å². The molecule has 0 amide bonds. The zero-order valence-electron chi connectivity index (χ0n) is 11.2. The van der Waals surface area contributed by atoms with E-state index in [2.05, 4.69) is 12.2 Å². The molecule has 1 rings (SSSR count). The molecule has 2 N–H and O–H groups in total. The number of hydrogen-bond acceptors (Lipinski definition) is 2. The van der Waals surface area contributed by atoms with Gasteiger partial charge in [-0.05, 0) is 24.5 Å². The fourth-order valence-corrected chi connectivity index (χ4v) is 1.78. The zero-order chi connectivity index (χ0) is 14.5. The van der Waals surface area contributed by atoms with Gasteiger partial charge in [-0.2, -0.15) is 13.2 Å². The molecule has 2 nitrogen and oxygen atoms in total. The molecular formula is C14H20F3NO. The number of benzene rings is 1. The summed E-state index contributed by atoms with van der Waals surface area (Å²) in [4.78, 5) is 0. The Balaban J connectivity index is 2.51. The van der Waals surface area contributed by atoms with E-state index in [-0.39, 0.29) is 6.04 Å². The molecular weight excluding hydrogens is 255 g/mol. The summed E-state index contributed by atoms with van der Waals surface area (Å²) in [6, 6.07) is 7.55. The second-order valence-electron chi connectivity index (χ2n) is 4.68. The monoisotopic (exact) mass is 275 g/mol. The summed E-state index contributed by atoms with van der Waals surface area (Å²) in [6.07, 6.45) is -4.84. The fraction of sp³-hybridized carbons (Fsp3) is 0.571. The minimum Gasteiger partial charge on any atom is -0.382 e. The number of aryl methyl sites for hydroxylation is 1. The van der Waals surface area contributed by atoms with Gasteiger partial charge >= 0.3 is 6.18 Å². The van der Waals surface area contributed by atoms with Gasteiger partial charge in [0.1, 0.15) is 0 Å². The van der Waals surface area contributed by atoms with Gasteiger partial charge in [0.15, 0.2) is 6.10 Å². The molecule has 0 bridgehead atoms. The molecule has 0 heterocycles. The maximum absolute atomic E-state index is 12.1. The molecule has 0 aromatic heterocycles. The molecule has 0 fully saturated rings. The highest BCUT2D eigenvalue weighted by Gasteiger charge is 2.37. The first-order valence-corrected chi connectivity index (χ1v) is 6.41. The molecule has 2 unspecified atom stereocenters. The van der Waals surface area contributed by atoms with Crippen LogP contribution in [0.5, 0.6) is 0 Å². The van der Waals surface area contributed by atoms with E-state index in [9.17, 15) is 13.2 Å². The lowest BCUT2D eigenvalue weighted by Gasteiger charge is -2.19. The summed E-state index contributed by atoms with van der Waals surface area (Å²) < 4.78 is 36.4. The number of hydrogen-bond donors (Lipinski definition) is 2. The Hall–Kier alpha value is -1.07. The highest BCUT2D eigenvalue weighted by molar-refractivity contribution is 5.24. The van der Waals surface area contributed by atoms with Crippen molar-refractivity contribution in [1.82, 2.24) is 5.32 Å². The molecule has 5 heteroatoms. The summed E-state index contributed by atoms with van der Waals surface area (Å²) in [6.45, 7) is 3.37. The Morgan fingerprint density at radius 2 is 1.79 bits per heavy atom. The standard InChI is InChI=1S/C14H20F3NO/c1-3-4-11-5-7-12(8-6-11)10(2)18-9-13(19)14(15,16)17/h5-8,10,13,18-19H,3-4,9H2,1-2H3. The van der Waals surface area contributed by atoms with Crippen molar-refractivity contribution in [1.29, 1.82) is 0 Å². The van der Waals surface area contributed by atoms with Crippen LogP contribution in [0.25, 0.3) is 0 Å². The predicted octanol–water partition coefficient (Wildman–Crippen LogP) is 3.21. The number of nitrogens with one attached hydrogen (secondary N) is 1. The van der Waals surface area contributed by atoms with Crippen molar-refractivity contribution < 1.29 is 18.3 Å². The molecule has 0 radical (unpaired) electrons. The van der Waals surface area contributed by atoms with Crippen LogP contribution in [0.3, 0.4) is 0 Å². The summed E-state index contributed by atoms with van der Waals surface area (Å²) in [5.74, 6) is 0. The topological polar surface area (TPSA) is 32.3 Å². The summed E-state index contributed by atoms with van der Waals surface area (Å²) in [5, 5.41) is 11.6. The Bertz CT molecular complexity index is 375. The van der Waals surface area contributed by atoms with Crippen molar-refractivity contribution in [3.8, 4) is 0 Å². The lowest BCUT2D eigenvalue weighted by molar-refractivity contribution is -0.202. The fourth-order valence-electron chi connectivity index (χ4n) is 1.78. The lowest BCUT2D eigenvalue weighted by Crippen LogP contribution is -2.39. The Morgan fingerprint density at radius 3 is 2.26 bits per heavy atom. The van der Waals surface area contributed by atoms with Crippen LogP contribution in [0.1, 0.15) is 37.4 Å². The van der Waals surface area contributed by atoms with Crippen molar-refractivity contribution in [2.75, 3.05) is 6.54 Å². The van der Waals surface area contributed by atoms with Crippen LogP contribution >= 0.6 is 0 Å². The summed E-state index contributed by atoms with van der Waals surface area (Å²) in [7, 11) is 0. The molecule has 0 aliphatic carbocycles. The van der Waals surface area contributed by atoms with E-state index in [1.54, 1.807) is 6.92 Å². The van der Waals surface area contributed by atoms with Gasteiger partial charge < -0.3 is 10.4 Å². The lowest BCUT2D eigenvalue weighted by atomic mass is 10.0. The molecule has 0 spiro atoms. The van der Waals surface area contributed by atoms with E-state index in [0.29, 0.717) is 0 Å². The number of halogens is 3. The van der Waals surface area contributed by atoms with E-state index >= 15 is 0 Å². The van der Waals surface area contributed by atoms with Crippen LogP contribution in [0, 0.1) is 0 Å². The molecule has 19 heavy (non-hydrogen) atoms. The second-order valence-corrected chi connectivity index (χ2v) is 4.68. The van der Waals surface area contributed by atoms with Crippen molar-refractivity contribution in [3.63, 3.8) is 0 Å². The molecule has 1 aromatic rings. The van der Waals surface area contributed by atoms with Crippen molar-refractivity contribution in [2.24, 2.45) is 0 Å². The third kappa shape index (κ3) is 5.20. The average molecular weight is 275 g/mol. The number of aliphatic hydroxyl groups excluding tert-OH is 1. The maximum Gasteiger partial charge on any atom is 0.415 e. The molecule has 108 valence electrons. The third-order valence-corrected chi connectivity index (χ3v) is 3.01. The first-order valence-electron chi connectivity index (χ1n) is 6.41. The minimum atomic E-state index is -4.57.